The van der Waals surface area contributed by atoms with Crippen LogP contribution in [0.3, 0.4) is 0 Å². The predicted octanol–water partition coefficient (Wildman–Crippen LogP) is -1.59. The average molecular weight is 284 g/mol. The fourth-order valence-electron chi connectivity index (χ4n) is 2.07. The van der Waals surface area contributed by atoms with Crippen molar-refractivity contribution in [2.24, 2.45) is 5.73 Å². The summed E-state index contributed by atoms with van der Waals surface area (Å²) in [5.41, 5.74) is 5.49. The second-order valence-corrected chi connectivity index (χ2v) is 4.65. The maximum atomic E-state index is 12.0. The number of nitrogens with zero attached hydrogens (tertiary/aromatic N) is 2. The smallest absolute Gasteiger partial charge is 0.253 e. The molecule has 0 spiro atoms. The molecule has 1 unspecified atom stereocenters. The van der Waals surface area contributed by atoms with Crippen LogP contribution in [-0.4, -0.2) is 80.6 Å². The summed E-state index contributed by atoms with van der Waals surface area (Å²) in [6, 6.07) is 0. The van der Waals surface area contributed by atoms with Gasteiger partial charge >= 0.3 is 0 Å². The van der Waals surface area contributed by atoms with Crippen LogP contribution in [0.5, 0.6) is 0 Å². The van der Waals surface area contributed by atoms with Crippen LogP contribution >= 0.6 is 0 Å². The Balaban J connectivity index is 2.34. The Morgan fingerprint density at radius 1 is 1.40 bits per heavy atom. The minimum absolute atomic E-state index is 0.0265. The lowest BCUT2D eigenvalue weighted by molar-refractivity contribution is -0.143. The Labute approximate surface area is 119 Å². The van der Waals surface area contributed by atoms with Crippen LogP contribution in [-0.2, 0) is 14.3 Å². The van der Waals surface area contributed by atoms with E-state index in [1.807, 2.05) is 4.90 Å². The van der Waals surface area contributed by atoms with E-state index in [-0.39, 0.29) is 18.4 Å². The number of hydrogen-bond acceptors (Lipinski definition) is 5. The van der Waals surface area contributed by atoms with Gasteiger partial charge in [0.25, 0.3) is 5.91 Å². The molecule has 0 aromatic rings. The molecule has 1 aliphatic rings. The van der Waals surface area contributed by atoms with E-state index in [1.54, 1.807) is 11.0 Å². The quantitative estimate of drug-likeness (QED) is 0.550. The van der Waals surface area contributed by atoms with Gasteiger partial charge in [-0.25, -0.2) is 0 Å². The van der Waals surface area contributed by atoms with E-state index in [9.17, 15) is 9.59 Å². The van der Waals surface area contributed by atoms with Crippen LogP contribution in [0.15, 0.2) is 12.7 Å². The van der Waals surface area contributed by atoms with Gasteiger partial charge in [0, 0.05) is 46.4 Å². The Morgan fingerprint density at radius 3 is 2.55 bits per heavy atom. The van der Waals surface area contributed by atoms with Crippen LogP contribution < -0.4 is 11.1 Å². The number of ether oxygens (including phenoxy) is 1. The van der Waals surface area contributed by atoms with Crippen LogP contribution in [0.2, 0.25) is 0 Å². The van der Waals surface area contributed by atoms with Crippen molar-refractivity contribution in [3.63, 3.8) is 0 Å². The summed E-state index contributed by atoms with van der Waals surface area (Å²) in [6.45, 7) is 7.08. The van der Waals surface area contributed by atoms with Crippen LogP contribution in [0.4, 0.5) is 0 Å². The molecule has 2 amide bonds. The van der Waals surface area contributed by atoms with Crippen LogP contribution in [0.1, 0.15) is 0 Å². The zero-order valence-corrected chi connectivity index (χ0v) is 12.0. The van der Waals surface area contributed by atoms with Gasteiger partial charge in [-0.2, -0.15) is 0 Å². The third kappa shape index (κ3) is 4.92. The lowest BCUT2D eigenvalue weighted by atomic mass is 10.2. The highest BCUT2D eigenvalue weighted by Gasteiger charge is 2.26. The van der Waals surface area contributed by atoms with E-state index in [2.05, 4.69) is 11.9 Å². The molecular weight excluding hydrogens is 260 g/mol. The third-order valence-electron chi connectivity index (χ3n) is 3.27. The number of carbonyl (C=O) groups is 2. The van der Waals surface area contributed by atoms with E-state index < -0.39 is 6.10 Å². The normalized spacial score (nSPS) is 17.6. The molecule has 0 saturated carbocycles. The molecule has 3 N–H and O–H groups in total. The zero-order chi connectivity index (χ0) is 15.0. The molecule has 1 heterocycles. The number of nitrogens with two attached hydrogens (primary N) is 1. The number of carbonyl (C=O) groups excluding carboxylic acids is 2. The molecule has 0 aromatic carbocycles. The lowest BCUT2D eigenvalue weighted by Gasteiger charge is -2.35. The second-order valence-electron chi connectivity index (χ2n) is 4.65. The Hall–Kier alpha value is -1.44. The zero-order valence-electron chi connectivity index (χ0n) is 12.0. The van der Waals surface area contributed by atoms with Gasteiger partial charge < -0.3 is 20.7 Å². The molecule has 114 valence electrons. The van der Waals surface area contributed by atoms with Crippen molar-refractivity contribution in [1.82, 2.24) is 15.1 Å². The van der Waals surface area contributed by atoms with Crippen molar-refractivity contribution in [2.45, 2.75) is 6.10 Å². The summed E-state index contributed by atoms with van der Waals surface area (Å²) in [5.74, 6) is -0.104. The number of rotatable bonds is 7. The van der Waals surface area contributed by atoms with E-state index in [0.29, 0.717) is 39.3 Å². The number of methoxy groups -OCH3 is 1. The largest absolute Gasteiger partial charge is 0.370 e. The van der Waals surface area contributed by atoms with Gasteiger partial charge in [-0.3, -0.25) is 14.5 Å². The standard InChI is InChI=1S/C13H24N4O3/c1-3-4-15-12(18)10-16-5-7-17(8-6-16)13(19)11(9-14)20-2/h3,11H,1,4-10,14H2,2H3,(H,15,18). The third-order valence-corrected chi connectivity index (χ3v) is 3.27. The highest BCUT2D eigenvalue weighted by Crippen LogP contribution is 2.05. The molecule has 1 fully saturated rings. The summed E-state index contributed by atoms with van der Waals surface area (Å²) in [6.07, 6.45) is 1.07. The minimum atomic E-state index is -0.572. The summed E-state index contributed by atoms with van der Waals surface area (Å²) in [5, 5.41) is 2.73. The maximum absolute atomic E-state index is 12.0. The van der Waals surface area contributed by atoms with Gasteiger partial charge in [0.05, 0.1) is 6.54 Å². The minimum Gasteiger partial charge on any atom is -0.370 e. The monoisotopic (exact) mass is 284 g/mol. The van der Waals surface area contributed by atoms with Gasteiger partial charge in [0.1, 0.15) is 6.10 Å². The summed E-state index contributed by atoms with van der Waals surface area (Å²) < 4.78 is 5.05. The van der Waals surface area contributed by atoms with Crippen LogP contribution in [0.25, 0.3) is 0 Å². The van der Waals surface area contributed by atoms with E-state index in [4.69, 9.17) is 10.5 Å². The maximum Gasteiger partial charge on any atom is 0.253 e. The molecule has 0 aliphatic carbocycles. The van der Waals surface area contributed by atoms with Gasteiger partial charge in [-0.1, -0.05) is 6.08 Å². The average Bonchev–Trinajstić information content (AvgIpc) is 2.47. The Bertz CT molecular complexity index is 337. The van der Waals surface area contributed by atoms with Gasteiger partial charge in [0.2, 0.25) is 5.91 Å². The summed E-state index contributed by atoms with van der Waals surface area (Å²) in [4.78, 5) is 27.4. The molecule has 0 bridgehead atoms. The Kier molecular flexibility index (Phi) is 7.21. The SMILES string of the molecule is C=CCNC(=O)CN1CCN(C(=O)C(CN)OC)CC1. The van der Waals surface area contributed by atoms with E-state index >= 15 is 0 Å². The first-order valence-electron chi connectivity index (χ1n) is 6.74. The molecule has 0 radical (unpaired) electrons. The lowest BCUT2D eigenvalue weighted by Crippen LogP contribution is -2.54. The highest BCUT2D eigenvalue weighted by atomic mass is 16.5. The van der Waals surface area contributed by atoms with Gasteiger partial charge in [-0.15, -0.1) is 6.58 Å². The molecule has 1 saturated heterocycles. The molecule has 1 aliphatic heterocycles. The molecule has 0 aromatic heterocycles. The predicted molar refractivity (Wildman–Crippen MR) is 76.1 cm³/mol. The fraction of sp³-hybridized carbons (Fsp3) is 0.692. The number of nitrogens with one attached hydrogen (secondary N) is 1. The van der Waals surface area contributed by atoms with Crippen molar-refractivity contribution in [1.29, 1.82) is 0 Å². The second kappa shape index (κ2) is 8.68. The molecule has 1 rings (SSSR count). The molecule has 7 heteroatoms. The molecule has 20 heavy (non-hydrogen) atoms. The summed E-state index contributed by atoms with van der Waals surface area (Å²) in [7, 11) is 1.48. The molecule has 7 nitrogen and oxygen atoms in total. The van der Waals surface area contributed by atoms with Gasteiger partial charge in [0.15, 0.2) is 0 Å². The Morgan fingerprint density at radius 2 is 2.05 bits per heavy atom. The first kappa shape index (κ1) is 16.6. The first-order chi connectivity index (χ1) is 9.62. The first-order valence-corrected chi connectivity index (χ1v) is 6.74. The van der Waals surface area contributed by atoms with Crippen molar-refractivity contribution < 1.29 is 14.3 Å². The van der Waals surface area contributed by atoms with E-state index in [1.165, 1.54) is 7.11 Å². The molecular formula is C13H24N4O3. The topological polar surface area (TPSA) is 87.9 Å². The molecule has 1 atom stereocenters. The van der Waals surface area contributed by atoms with E-state index in [0.717, 1.165) is 0 Å². The van der Waals surface area contributed by atoms with Crippen molar-refractivity contribution in [2.75, 3.05) is 52.9 Å². The number of piperazine rings is 1. The summed E-state index contributed by atoms with van der Waals surface area (Å²) >= 11 is 0. The van der Waals surface area contributed by atoms with Gasteiger partial charge in [-0.05, 0) is 0 Å². The van der Waals surface area contributed by atoms with Crippen molar-refractivity contribution in [3.05, 3.63) is 12.7 Å². The van der Waals surface area contributed by atoms with Crippen LogP contribution in [0, 0.1) is 0 Å². The fourth-order valence-corrected chi connectivity index (χ4v) is 2.07. The van der Waals surface area contributed by atoms with Crippen molar-refractivity contribution in [3.8, 4) is 0 Å². The number of hydrogen-bond donors (Lipinski definition) is 2. The van der Waals surface area contributed by atoms with Crippen molar-refractivity contribution >= 4 is 11.8 Å². The number of amides is 2. The highest BCUT2D eigenvalue weighted by molar-refractivity contribution is 5.81.